The molecule has 0 saturated carbocycles. The molecule has 1 fully saturated rings. The molecule has 3 nitrogen and oxygen atoms in total. The van der Waals surface area contributed by atoms with Gasteiger partial charge in [0.25, 0.3) is 0 Å². The molecule has 1 heterocycles. The van der Waals surface area contributed by atoms with Gasteiger partial charge < -0.3 is 4.74 Å². The summed E-state index contributed by atoms with van der Waals surface area (Å²) < 4.78 is 30.4. The highest BCUT2D eigenvalue weighted by molar-refractivity contribution is 7.90. The number of rotatable bonds is 4. The van der Waals surface area contributed by atoms with Crippen LogP contribution in [0, 0.1) is 13.8 Å². The normalized spacial score (nSPS) is 19.6. The van der Waals surface area contributed by atoms with Crippen LogP contribution in [0.4, 0.5) is 0 Å². The van der Waals surface area contributed by atoms with Gasteiger partial charge in [-0.25, -0.2) is 8.42 Å². The van der Waals surface area contributed by atoms with Crippen LogP contribution in [0.1, 0.15) is 55.9 Å². The first kappa shape index (κ1) is 17.5. The second kappa shape index (κ2) is 6.32. The molecule has 22 heavy (non-hydrogen) atoms. The molecule has 1 aromatic rings. The maximum atomic E-state index is 12.5. The van der Waals surface area contributed by atoms with Crippen LogP contribution in [0.2, 0.25) is 0 Å². The number of ether oxygens (including phenoxy) is 1. The fraction of sp³-hybridized carbons (Fsp3) is 0.667. The van der Waals surface area contributed by atoms with E-state index in [1.165, 1.54) is 5.56 Å². The third-order valence-electron chi connectivity index (χ3n) is 4.39. The first-order valence-corrected chi connectivity index (χ1v) is 9.83. The van der Waals surface area contributed by atoms with E-state index in [0.29, 0.717) is 6.61 Å². The zero-order chi connectivity index (χ0) is 16.5. The molecular weight excluding hydrogens is 296 g/mol. The summed E-state index contributed by atoms with van der Waals surface area (Å²) in [5.74, 6) is 0.266. The molecule has 1 unspecified atom stereocenters. The Bertz CT molecular complexity index is 610. The van der Waals surface area contributed by atoms with Gasteiger partial charge in [0.2, 0.25) is 0 Å². The highest BCUT2D eigenvalue weighted by atomic mass is 32.2. The molecule has 1 aliphatic rings. The summed E-state index contributed by atoms with van der Waals surface area (Å²) in [6.07, 6.45) is 1.72. The molecule has 2 rings (SSSR count). The predicted octanol–water partition coefficient (Wildman–Crippen LogP) is 3.69. The van der Waals surface area contributed by atoms with Gasteiger partial charge in [-0.05, 0) is 54.4 Å². The molecular formula is C18H28O3S. The van der Waals surface area contributed by atoms with Crippen molar-refractivity contribution in [2.24, 2.45) is 0 Å². The smallest absolute Gasteiger partial charge is 0.157 e. The number of benzene rings is 1. The Morgan fingerprint density at radius 1 is 1.18 bits per heavy atom. The Morgan fingerprint density at radius 2 is 1.77 bits per heavy atom. The average Bonchev–Trinajstić information content (AvgIpc) is 2.84. The maximum absolute atomic E-state index is 12.5. The van der Waals surface area contributed by atoms with Crippen molar-refractivity contribution in [1.29, 1.82) is 0 Å². The van der Waals surface area contributed by atoms with Gasteiger partial charge in [-0.15, -0.1) is 0 Å². The lowest BCUT2D eigenvalue weighted by atomic mass is 9.84. The van der Waals surface area contributed by atoms with Crippen molar-refractivity contribution in [3.05, 3.63) is 34.4 Å². The number of hydrogen-bond donors (Lipinski definition) is 0. The van der Waals surface area contributed by atoms with Crippen LogP contribution in [-0.2, 0) is 25.7 Å². The van der Waals surface area contributed by atoms with Gasteiger partial charge in [0, 0.05) is 6.61 Å². The molecule has 4 heteroatoms. The largest absolute Gasteiger partial charge is 0.377 e. The van der Waals surface area contributed by atoms with Crippen molar-refractivity contribution >= 4 is 9.84 Å². The van der Waals surface area contributed by atoms with Gasteiger partial charge in [0.05, 0.1) is 17.6 Å². The monoisotopic (exact) mass is 324 g/mol. The van der Waals surface area contributed by atoms with E-state index in [-0.39, 0.29) is 23.0 Å². The highest BCUT2D eigenvalue weighted by Gasteiger charge is 2.25. The summed E-state index contributed by atoms with van der Waals surface area (Å²) in [5, 5.41) is 0. The third kappa shape index (κ3) is 4.32. The Hall–Kier alpha value is -0.870. The van der Waals surface area contributed by atoms with E-state index in [1.807, 2.05) is 13.8 Å². The van der Waals surface area contributed by atoms with Crippen LogP contribution in [-0.4, -0.2) is 26.9 Å². The van der Waals surface area contributed by atoms with E-state index >= 15 is 0 Å². The Labute approximate surface area is 135 Å². The molecule has 0 radical (unpaired) electrons. The fourth-order valence-corrected chi connectivity index (χ4v) is 4.83. The van der Waals surface area contributed by atoms with E-state index in [2.05, 4.69) is 32.9 Å². The third-order valence-corrected chi connectivity index (χ3v) is 6.00. The molecule has 1 saturated heterocycles. The number of hydrogen-bond acceptors (Lipinski definition) is 3. The maximum Gasteiger partial charge on any atom is 0.157 e. The summed E-state index contributed by atoms with van der Waals surface area (Å²) in [4.78, 5) is 0. The summed E-state index contributed by atoms with van der Waals surface area (Å²) >= 11 is 0. The fourth-order valence-electron chi connectivity index (χ4n) is 2.99. The van der Waals surface area contributed by atoms with Crippen molar-refractivity contribution in [2.45, 2.75) is 64.7 Å². The standard InChI is InChI=1S/C18H28O3S/c1-13-9-15(18(3,4)5)10-14(2)17(13)12-22(19,20)11-16-7-6-8-21-16/h9-10,16H,6-8,11-12H2,1-5H3. The van der Waals surface area contributed by atoms with E-state index in [0.717, 1.165) is 29.5 Å². The first-order valence-electron chi connectivity index (χ1n) is 8.01. The van der Waals surface area contributed by atoms with E-state index in [9.17, 15) is 8.42 Å². The second-order valence-electron chi connectivity index (χ2n) is 7.53. The van der Waals surface area contributed by atoms with Crippen LogP contribution >= 0.6 is 0 Å². The lowest BCUT2D eigenvalue weighted by Crippen LogP contribution is -2.22. The highest BCUT2D eigenvalue weighted by Crippen LogP contribution is 2.28. The van der Waals surface area contributed by atoms with Crippen molar-refractivity contribution in [3.63, 3.8) is 0 Å². The molecule has 0 spiro atoms. The van der Waals surface area contributed by atoms with Crippen LogP contribution in [0.3, 0.4) is 0 Å². The van der Waals surface area contributed by atoms with E-state index in [4.69, 9.17) is 4.74 Å². The lowest BCUT2D eigenvalue weighted by Gasteiger charge is -2.22. The summed E-state index contributed by atoms with van der Waals surface area (Å²) in [6, 6.07) is 4.26. The van der Waals surface area contributed by atoms with Gasteiger partial charge in [0.15, 0.2) is 9.84 Å². The second-order valence-corrected chi connectivity index (χ2v) is 9.64. The van der Waals surface area contributed by atoms with Crippen molar-refractivity contribution < 1.29 is 13.2 Å². The van der Waals surface area contributed by atoms with Crippen LogP contribution < -0.4 is 0 Å². The van der Waals surface area contributed by atoms with Gasteiger partial charge >= 0.3 is 0 Å². The average molecular weight is 324 g/mol. The minimum Gasteiger partial charge on any atom is -0.377 e. The van der Waals surface area contributed by atoms with Crippen molar-refractivity contribution in [3.8, 4) is 0 Å². The van der Waals surface area contributed by atoms with E-state index < -0.39 is 9.84 Å². The molecule has 0 aliphatic carbocycles. The van der Waals surface area contributed by atoms with Gasteiger partial charge in [0.1, 0.15) is 0 Å². The SMILES string of the molecule is Cc1cc(C(C)(C)C)cc(C)c1CS(=O)(=O)CC1CCCO1. The van der Waals surface area contributed by atoms with Crippen LogP contribution in [0.15, 0.2) is 12.1 Å². The first-order chi connectivity index (χ1) is 10.1. The molecule has 0 bridgehead atoms. The summed E-state index contributed by atoms with van der Waals surface area (Å²) in [7, 11) is -3.14. The minimum absolute atomic E-state index is 0.0740. The Morgan fingerprint density at radius 3 is 2.23 bits per heavy atom. The topological polar surface area (TPSA) is 43.4 Å². The van der Waals surface area contributed by atoms with E-state index in [1.54, 1.807) is 0 Å². The quantitative estimate of drug-likeness (QED) is 0.848. The Balaban J connectivity index is 2.22. The predicted molar refractivity (Wildman–Crippen MR) is 91.1 cm³/mol. The zero-order valence-corrected chi connectivity index (χ0v) is 15.2. The molecule has 1 aromatic carbocycles. The Kier molecular flexibility index (Phi) is 5.03. The molecule has 1 atom stereocenters. The van der Waals surface area contributed by atoms with Crippen molar-refractivity contribution in [1.82, 2.24) is 0 Å². The molecule has 0 aromatic heterocycles. The molecule has 124 valence electrons. The van der Waals surface area contributed by atoms with Gasteiger partial charge in [-0.2, -0.15) is 0 Å². The molecule has 0 N–H and O–H groups in total. The van der Waals surface area contributed by atoms with Crippen LogP contribution in [0.25, 0.3) is 0 Å². The molecule has 0 amide bonds. The van der Waals surface area contributed by atoms with Gasteiger partial charge in [-0.1, -0.05) is 32.9 Å². The minimum atomic E-state index is -3.14. The summed E-state index contributed by atoms with van der Waals surface area (Å²) in [5.41, 5.74) is 4.42. The summed E-state index contributed by atoms with van der Waals surface area (Å²) in [6.45, 7) is 11.2. The van der Waals surface area contributed by atoms with Gasteiger partial charge in [-0.3, -0.25) is 0 Å². The number of sulfone groups is 1. The lowest BCUT2D eigenvalue weighted by molar-refractivity contribution is 0.127. The van der Waals surface area contributed by atoms with Crippen molar-refractivity contribution in [2.75, 3.05) is 12.4 Å². The zero-order valence-electron chi connectivity index (χ0n) is 14.4. The van der Waals surface area contributed by atoms with Crippen LogP contribution in [0.5, 0.6) is 0 Å². The molecule has 1 aliphatic heterocycles. The number of aryl methyl sites for hydroxylation is 2.